The molecule has 3 heterocycles. The number of fused-ring (bicyclic) bond motifs is 1. The number of nitrogens with zero attached hydrogens (tertiary/aromatic N) is 4. The molecule has 0 aliphatic rings. The summed E-state index contributed by atoms with van der Waals surface area (Å²) >= 11 is 6.55. The fourth-order valence-electron chi connectivity index (χ4n) is 3.42. The number of H-pyrrole nitrogens is 1. The van der Waals surface area contributed by atoms with Crippen LogP contribution in [0.4, 0.5) is 5.82 Å². The first-order valence-corrected chi connectivity index (χ1v) is 9.80. The van der Waals surface area contributed by atoms with E-state index in [4.69, 9.17) is 16.3 Å². The number of hydrogen-bond donors (Lipinski definition) is 3. The third-order valence-corrected chi connectivity index (χ3v) is 5.33. The van der Waals surface area contributed by atoms with Gasteiger partial charge < -0.3 is 20.1 Å². The third-order valence-electron chi connectivity index (χ3n) is 4.94. The first-order valence-electron chi connectivity index (χ1n) is 9.42. The molecule has 0 unspecified atom stereocenters. The molecule has 0 bridgehead atoms. The molecule has 0 radical (unpaired) electrons. The predicted molar refractivity (Wildman–Crippen MR) is 116 cm³/mol. The molecule has 30 heavy (non-hydrogen) atoms. The standard InChI is InChI=1S/C21H21ClN6O2/c1-12-16(22)7-13(5-6-23-20-18-21(26-10-25-18)28-11-27-20)19(30-2)17(12)14-3-4-15(9-29)24-8-14/h3-4,7-8,10-11,29H,5-6,9H2,1-2H3,(H2,23,25,26,27,28). The molecule has 1 aromatic carbocycles. The Balaban J connectivity index is 1.63. The first-order chi connectivity index (χ1) is 14.6. The fraction of sp³-hybridized carbons (Fsp3) is 0.238. The Labute approximate surface area is 178 Å². The van der Waals surface area contributed by atoms with Crippen LogP contribution < -0.4 is 10.1 Å². The van der Waals surface area contributed by atoms with Crippen LogP contribution in [-0.4, -0.2) is 43.7 Å². The second-order valence-corrected chi connectivity index (χ2v) is 7.15. The molecule has 0 saturated heterocycles. The number of aromatic amines is 1. The molecule has 0 aliphatic carbocycles. The van der Waals surface area contributed by atoms with E-state index in [0.717, 1.165) is 33.5 Å². The summed E-state index contributed by atoms with van der Waals surface area (Å²) in [5.41, 5.74) is 5.65. The van der Waals surface area contributed by atoms with Gasteiger partial charge in [0.05, 0.1) is 25.7 Å². The van der Waals surface area contributed by atoms with E-state index in [2.05, 4.69) is 30.2 Å². The number of aromatic nitrogens is 5. The summed E-state index contributed by atoms with van der Waals surface area (Å²) in [6, 6.07) is 5.64. The van der Waals surface area contributed by atoms with E-state index in [-0.39, 0.29) is 6.61 Å². The number of ether oxygens (including phenoxy) is 1. The van der Waals surface area contributed by atoms with Crippen molar-refractivity contribution < 1.29 is 9.84 Å². The van der Waals surface area contributed by atoms with Crippen molar-refractivity contribution in [1.29, 1.82) is 0 Å². The molecule has 0 aliphatic heterocycles. The lowest BCUT2D eigenvalue weighted by molar-refractivity contribution is 0.277. The Morgan fingerprint density at radius 3 is 2.80 bits per heavy atom. The van der Waals surface area contributed by atoms with Gasteiger partial charge >= 0.3 is 0 Å². The summed E-state index contributed by atoms with van der Waals surface area (Å²) in [4.78, 5) is 19.9. The number of aliphatic hydroxyl groups excluding tert-OH is 1. The van der Waals surface area contributed by atoms with Crippen LogP contribution in [0.1, 0.15) is 16.8 Å². The van der Waals surface area contributed by atoms with Gasteiger partial charge in [-0.3, -0.25) is 4.98 Å². The highest BCUT2D eigenvalue weighted by Crippen LogP contribution is 2.40. The number of aliphatic hydroxyl groups is 1. The van der Waals surface area contributed by atoms with Gasteiger partial charge in [0, 0.05) is 28.9 Å². The molecule has 3 aromatic heterocycles. The molecule has 9 heteroatoms. The van der Waals surface area contributed by atoms with Crippen LogP contribution in [0.25, 0.3) is 22.3 Å². The van der Waals surface area contributed by atoms with Gasteiger partial charge in [-0.05, 0) is 36.6 Å². The molecule has 154 valence electrons. The van der Waals surface area contributed by atoms with E-state index < -0.39 is 0 Å². The zero-order valence-corrected chi connectivity index (χ0v) is 17.4. The molecule has 0 atom stereocenters. The van der Waals surface area contributed by atoms with Crippen LogP contribution in [0.15, 0.2) is 37.1 Å². The lowest BCUT2D eigenvalue weighted by Crippen LogP contribution is -2.09. The predicted octanol–water partition coefficient (Wildman–Crippen LogP) is 3.53. The number of imidazole rings is 1. The van der Waals surface area contributed by atoms with Gasteiger partial charge in [0.15, 0.2) is 11.5 Å². The summed E-state index contributed by atoms with van der Waals surface area (Å²) in [7, 11) is 1.65. The van der Waals surface area contributed by atoms with Crippen molar-refractivity contribution >= 4 is 28.6 Å². The van der Waals surface area contributed by atoms with Gasteiger partial charge in [-0.2, -0.15) is 0 Å². The molecule has 4 rings (SSSR count). The van der Waals surface area contributed by atoms with Crippen molar-refractivity contribution in [1.82, 2.24) is 24.9 Å². The van der Waals surface area contributed by atoms with Crippen molar-refractivity contribution in [2.75, 3.05) is 19.0 Å². The highest BCUT2D eigenvalue weighted by atomic mass is 35.5. The van der Waals surface area contributed by atoms with Gasteiger partial charge in [0.1, 0.15) is 17.6 Å². The largest absolute Gasteiger partial charge is 0.496 e. The second kappa shape index (κ2) is 8.64. The average molecular weight is 425 g/mol. The Bertz CT molecular complexity index is 1180. The number of halogens is 1. The molecule has 0 fully saturated rings. The minimum atomic E-state index is -0.102. The Morgan fingerprint density at radius 1 is 1.20 bits per heavy atom. The maximum absolute atomic E-state index is 9.26. The zero-order chi connectivity index (χ0) is 21.1. The molecule has 4 aromatic rings. The normalized spacial score (nSPS) is 11.1. The number of hydrogen-bond acceptors (Lipinski definition) is 7. The maximum atomic E-state index is 9.26. The third kappa shape index (κ3) is 3.79. The van der Waals surface area contributed by atoms with Crippen LogP contribution in [-0.2, 0) is 13.0 Å². The topological polar surface area (TPSA) is 109 Å². The number of pyridine rings is 1. The minimum absolute atomic E-state index is 0.102. The van der Waals surface area contributed by atoms with Crippen LogP contribution in [0.2, 0.25) is 5.02 Å². The monoisotopic (exact) mass is 424 g/mol. The number of rotatable bonds is 7. The van der Waals surface area contributed by atoms with E-state index in [0.29, 0.717) is 35.1 Å². The van der Waals surface area contributed by atoms with Crippen molar-refractivity contribution in [3.8, 4) is 16.9 Å². The molecular formula is C21H21ClN6O2. The SMILES string of the molecule is COc1c(CCNc2ncnc3nc[nH]c23)cc(Cl)c(C)c1-c1ccc(CO)nc1. The zero-order valence-electron chi connectivity index (χ0n) is 16.6. The molecular weight excluding hydrogens is 404 g/mol. The van der Waals surface area contributed by atoms with Gasteiger partial charge in [0.25, 0.3) is 0 Å². The number of anilines is 1. The molecule has 0 saturated carbocycles. The van der Waals surface area contributed by atoms with Gasteiger partial charge in [0.2, 0.25) is 0 Å². The summed E-state index contributed by atoms with van der Waals surface area (Å²) in [5, 5.41) is 13.2. The Morgan fingerprint density at radius 2 is 2.07 bits per heavy atom. The van der Waals surface area contributed by atoms with Crippen LogP contribution >= 0.6 is 11.6 Å². The summed E-state index contributed by atoms with van der Waals surface area (Å²) < 4.78 is 5.78. The van der Waals surface area contributed by atoms with Gasteiger partial charge in [-0.25, -0.2) is 15.0 Å². The minimum Gasteiger partial charge on any atom is -0.496 e. The van der Waals surface area contributed by atoms with Gasteiger partial charge in [-0.15, -0.1) is 0 Å². The number of methoxy groups -OCH3 is 1. The smallest absolute Gasteiger partial charge is 0.182 e. The van der Waals surface area contributed by atoms with Crippen molar-refractivity contribution in [2.45, 2.75) is 20.0 Å². The average Bonchev–Trinajstić information content (AvgIpc) is 3.26. The van der Waals surface area contributed by atoms with Crippen LogP contribution in [0, 0.1) is 6.92 Å². The lowest BCUT2D eigenvalue weighted by atomic mass is 9.96. The van der Waals surface area contributed by atoms with Crippen LogP contribution in [0.3, 0.4) is 0 Å². The lowest BCUT2D eigenvalue weighted by Gasteiger charge is -2.18. The Hall–Kier alpha value is -3.23. The molecule has 3 N–H and O–H groups in total. The van der Waals surface area contributed by atoms with E-state index in [9.17, 15) is 5.11 Å². The Kier molecular flexibility index (Phi) is 5.78. The summed E-state index contributed by atoms with van der Waals surface area (Å²) in [5.74, 6) is 1.45. The quantitative estimate of drug-likeness (QED) is 0.416. The van der Waals surface area contributed by atoms with Gasteiger partial charge in [-0.1, -0.05) is 17.7 Å². The fourth-order valence-corrected chi connectivity index (χ4v) is 3.65. The van der Waals surface area contributed by atoms with E-state index in [1.54, 1.807) is 25.7 Å². The highest BCUT2D eigenvalue weighted by Gasteiger charge is 2.18. The summed E-state index contributed by atoms with van der Waals surface area (Å²) in [6.45, 7) is 2.47. The highest BCUT2D eigenvalue weighted by molar-refractivity contribution is 6.32. The molecule has 0 amide bonds. The van der Waals surface area contributed by atoms with E-state index in [1.807, 2.05) is 19.1 Å². The molecule has 0 spiro atoms. The van der Waals surface area contributed by atoms with Crippen molar-refractivity contribution in [3.63, 3.8) is 0 Å². The second-order valence-electron chi connectivity index (χ2n) is 6.75. The first kappa shape index (κ1) is 20.1. The van der Waals surface area contributed by atoms with Crippen molar-refractivity contribution in [3.05, 3.63) is 58.9 Å². The van der Waals surface area contributed by atoms with Crippen molar-refractivity contribution in [2.24, 2.45) is 0 Å². The van der Waals surface area contributed by atoms with Crippen LogP contribution in [0.5, 0.6) is 5.75 Å². The van der Waals surface area contributed by atoms with E-state index in [1.165, 1.54) is 6.33 Å². The van der Waals surface area contributed by atoms with E-state index >= 15 is 0 Å². The maximum Gasteiger partial charge on any atom is 0.182 e. The molecule has 8 nitrogen and oxygen atoms in total. The number of nitrogens with one attached hydrogen (secondary N) is 2. The summed E-state index contributed by atoms with van der Waals surface area (Å²) in [6.07, 6.45) is 5.47. The number of benzene rings is 1.